The summed E-state index contributed by atoms with van der Waals surface area (Å²) in [5, 5.41) is 4.41. The summed E-state index contributed by atoms with van der Waals surface area (Å²) >= 11 is 1.12. The summed E-state index contributed by atoms with van der Waals surface area (Å²) in [6.07, 6.45) is 1.49. The van der Waals surface area contributed by atoms with Gasteiger partial charge in [-0.2, -0.15) is 17.4 Å². The lowest BCUT2D eigenvalue weighted by atomic mass is 10.1. The summed E-state index contributed by atoms with van der Waals surface area (Å²) in [5.41, 5.74) is 6.15. The molecule has 1 aliphatic rings. The van der Waals surface area contributed by atoms with Crippen molar-refractivity contribution in [2.75, 3.05) is 24.5 Å². The number of carbonyl (C=O) groups is 3. The fourth-order valence-electron chi connectivity index (χ4n) is 3.18. The quantitative estimate of drug-likeness (QED) is 0.428. The first-order valence-corrected chi connectivity index (χ1v) is 12.1. The van der Waals surface area contributed by atoms with Gasteiger partial charge < -0.3 is 11.1 Å². The Morgan fingerprint density at radius 3 is 2.66 bits per heavy atom. The third kappa shape index (κ3) is 5.68. The summed E-state index contributed by atoms with van der Waals surface area (Å²) in [6.45, 7) is 1.34. The van der Waals surface area contributed by atoms with Crippen molar-refractivity contribution in [3.8, 4) is 0 Å². The van der Waals surface area contributed by atoms with Gasteiger partial charge in [-0.15, -0.1) is 11.3 Å². The lowest BCUT2D eigenvalue weighted by Crippen LogP contribution is -2.59. The molecule has 0 bridgehead atoms. The van der Waals surface area contributed by atoms with Crippen LogP contribution in [0.4, 0.5) is 5.13 Å². The van der Waals surface area contributed by atoms with Crippen LogP contribution in [0.1, 0.15) is 12.5 Å². The van der Waals surface area contributed by atoms with Gasteiger partial charge in [-0.1, -0.05) is 30.3 Å². The van der Waals surface area contributed by atoms with Crippen LogP contribution in [0.5, 0.6) is 0 Å². The van der Waals surface area contributed by atoms with E-state index in [2.05, 4.69) is 15.0 Å². The number of anilines is 1. The van der Waals surface area contributed by atoms with Crippen LogP contribution < -0.4 is 20.7 Å². The molecular formula is C19H24N6O5S2. The minimum Gasteiger partial charge on any atom is -0.368 e. The first-order valence-electron chi connectivity index (χ1n) is 9.79. The molecule has 13 heteroatoms. The number of thiazole rings is 1. The van der Waals surface area contributed by atoms with Gasteiger partial charge in [-0.25, -0.2) is 4.98 Å². The molecule has 0 saturated carbocycles. The van der Waals surface area contributed by atoms with Crippen LogP contribution >= 0.6 is 11.3 Å². The summed E-state index contributed by atoms with van der Waals surface area (Å²) in [5.74, 6) is -1.87. The number of benzene rings is 1. The van der Waals surface area contributed by atoms with Crippen molar-refractivity contribution in [1.29, 1.82) is 0 Å². The van der Waals surface area contributed by atoms with Crippen molar-refractivity contribution in [2.45, 2.75) is 25.4 Å². The van der Waals surface area contributed by atoms with Gasteiger partial charge in [-0.3, -0.25) is 19.3 Å². The van der Waals surface area contributed by atoms with Crippen molar-refractivity contribution in [2.24, 2.45) is 5.73 Å². The number of rotatable bonds is 9. The fourth-order valence-corrected chi connectivity index (χ4v) is 5.22. The highest BCUT2D eigenvalue weighted by Gasteiger charge is 2.37. The van der Waals surface area contributed by atoms with Crippen molar-refractivity contribution in [3.63, 3.8) is 0 Å². The van der Waals surface area contributed by atoms with Gasteiger partial charge >= 0.3 is 0 Å². The SMILES string of the molecule is C[C@@H](C(N)=O)N(C(=O)[C@H](Cc1ccccc1)NS(=O)(=O)N1CCNC(=O)C1)c1nccs1. The number of primary amides is 1. The molecule has 1 saturated heterocycles. The standard InChI is InChI=1S/C19H24N6O5S2/c1-13(17(20)27)25(19-22-8-10-31-19)18(28)15(11-14-5-3-2-4-6-14)23-32(29,30)24-9-7-21-16(26)12-24/h2-6,8,10,13,15,23H,7,9,11-12H2,1H3,(H2,20,27)(H,21,26)/t13-,15-/m0/s1. The third-order valence-electron chi connectivity index (χ3n) is 4.88. The zero-order chi connectivity index (χ0) is 23.3. The average Bonchev–Trinajstić information content (AvgIpc) is 3.28. The number of nitrogens with two attached hydrogens (primary N) is 1. The van der Waals surface area contributed by atoms with Crippen molar-refractivity contribution >= 4 is 44.4 Å². The van der Waals surface area contributed by atoms with Crippen LogP contribution in [0.25, 0.3) is 0 Å². The molecule has 172 valence electrons. The van der Waals surface area contributed by atoms with Crippen LogP contribution in [-0.4, -0.2) is 67.1 Å². The number of nitrogens with one attached hydrogen (secondary N) is 2. The van der Waals surface area contributed by atoms with Gasteiger partial charge in [0.2, 0.25) is 17.7 Å². The predicted molar refractivity (Wildman–Crippen MR) is 119 cm³/mol. The second-order valence-electron chi connectivity index (χ2n) is 7.15. The van der Waals surface area contributed by atoms with Gasteiger partial charge in [0.05, 0.1) is 6.54 Å². The first-order chi connectivity index (χ1) is 15.2. The number of hydrogen-bond donors (Lipinski definition) is 3. The van der Waals surface area contributed by atoms with Crippen LogP contribution in [0.3, 0.4) is 0 Å². The van der Waals surface area contributed by atoms with E-state index >= 15 is 0 Å². The molecule has 2 heterocycles. The minimum absolute atomic E-state index is 0.0201. The molecule has 2 aromatic rings. The van der Waals surface area contributed by atoms with Gasteiger partial charge in [0.1, 0.15) is 12.1 Å². The van der Waals surface area contributed by atoms with Crippen LogP contribution in [0.2, 0.25) is 0 Å². The van der Waals surface area contributed by atoms with Crippen molar-refractivity contribution < 1.29 is 22.8 Å². The van der Waals surface area contributed by atoms with Crippen LogP contribution in [-0.2, 0) is 31.0 Å². The molecule has 0 spiro atoms. The monoisotopic (exact) mass is 480 g/mol. The molecule has 32 heavy (non-hydrogen) atoms. The summed E-state index contributed by atoms with van der Waals surface area (Å²) < 4.78 is 29.4. The second-order valence-corrected chi connectivity index (χ2v) is 9.73. The molecule has 1 aromatic heterocycles. The fraction of sp³-hybridized carbons (Fsp3) is 0.368. The van der Waals surface area contributed by atoms with Gasteiger partial charge in [-0.05, 0) is 18.9 Å². The van der Waals surface area contributed by atoms with E-state index in [-0.39, 0.29) is 31.2 Å². The maximum absolute atomic E-state index is 13.6. The Morgan fingerprint density at radius 1 is 1.34 bits per heavy atom. The molecule has 1 aromatic carbocycles. The topological polar surface area (TPSA) is 155 Å². The molecule has 0 radical (unpaired) electrons. The Bertz CT molecular complexity index is 1060. The number of amides is 3. The predicted octanol–water partition coefficient (Wildman–Crippen LogP) is -0.773. The first kappa shape index (κ1) is 23.8. The highest BCUT2D eigenvalue weighted by molar-refractivity contribution is 7.87. The number of carbonyl (C=O) groups excluding carboxylic acids is 3. The van der Waals surface area contributed by atoms with Crippen molar-refractivity contribution in [1.82, 2.24) is 19.3 Å². The second kappa shape index (κ2) is 10.2. The molecule has 0 aliphatic carbocycles. The zero-order valence-corrected chi connectivity index (χ0v) is 18.9. The van der Waals surface area contributed by atoms with E-state index in [1.807, 2.05) is 0 Å². The Labute approximate surface area is 189 Å². The smallest absolute Gasteiger partial charge is 0.280 e. The maximum atomic E-state index is 13.6. The summed E-state index contributed by atoms with van der Waals surface area (Å²) in [7, 11) is -4.19. The van der Waals surface area contributed by atoms with E-state index < -0.39 is 40.0 Å². The van der Waals surface area contributed by atoms with Gasteiger partial charge in [0.25, 0.3) is 10.2 Å². The molecule has 3 amide bonds. The van der Waals surface area contributed by atoms with Crippen LogP contribution in [0.15, 0.2) is 41.9 Å². The van der Waals surface area contributed by atoms with Crippen molar-refractivity contribution in [3.05, 3.63) is 47.5 Å². The molecule has 1 fully saturated rings. The summed E-state index contributed by atoms with van der Waals surface area (Å²) in [6, 6.07) is 6.53. The lowest BCUT2D eigenvalue weighted by Gasteiger charge is -2.31. The molecule has 11 nitrogen and oxygen atoms in total. The van der Waals surface area contributed by atoms with Gasteiger partial charge in [0, 0.05) is 24.7 Å². The molecule has 0 unspecified atom stereocenters. The van der Waals surface area contributed by atoms with E-state index in [1.54, 1.807) is 35.7 Å². The van der Waals surface area contributed by atoms with E-state index in [4.69, 9.17) is 5.73 Å². The average molecular weight is 481 g/mol. The largest absolute Gasteiger partial charge is 0.368 e. The van der Waals surface area contributed by atoms with E-state index in [0.717, 1.165) is 20.5 Å². The zero-order valence-electron chi connectivity index (χ0n) is 17.3. The Kier molecular flexibility index (Phi) is 7.56. The Hall–Kier alpha value is -2.87. The highest BCUT2D eigenvalue weighted by Crippen LogP contribution is 2.22. The lowest BCUT2D eigenvalue weighted by molar-refractivity contribution is -0.125. The normalized spacial score (nSPS) is 16.7. The molecule has 2 atom stereocenters. The third-order valence-corrected chi connectivity index (χ3v) is 7.22. The number of piperazine rings is 1. The van der Waals surface area contributed by atoms with E-state index in [9.17, 15) is 22.8 Å². The van der Waals surface area contributed by atoms with Gasteiger partial charge in [0.15, 0.2) is 5.13 Å². The Balaban J connectivity index is 1.94. The Morgan fingerprint density at radius 2 is 2.06 bits per heavy atom. The molecule has 3 rings (SSSR count). The maximum Gasteiger partial charge on any atom is 0.280 e. The van der Waals surface area contributed by atoms with E-state index in [0.29, 0.717) is 5.56 Å². The number of nitrogens with zero attached hydrogens (tertiary/aromatic N) is 3. The molecule has 4 N–H and O–H groups in total. The number of aromatic nitrogens is 1. The van der Waals surface area contributed by atoms with Crippen LogP contribution in [0, 0.1) is 0 Å². The summed E-state index contributed by atoms with van der Waals surface area (Å²) in [4.78, 5) is 42.4. The highest BCUT2D eigenvalue weighted by atomic mass is 32.2. The molecular weight excluding hydrogens is 456 g/mol. The minimum atomic E-state index is -4.19. The molecule has 1 aliphatic heterocycles. The van der Waals surface area contributed by atoms with E-state index in [1.165, 1.54) is 13.1 Å². The number of hydrogen-bond acceptors (Lipinski definition) is 7.